The van der Waals surface area contributed by atoms with Gasteiger partial charge in [0, 0.05) is 24.6 Å². The first kappa shape index (κ1) is 13.2. The van der Waals surface area contributed by atoms with Crippen LogP contribution in [0.4, 0.5) is 0 Å². The molecule has 90 valence electrons. The largest absolute Gasteiger partial charge is 0.397 e. The third-order valence-electron chi connectivity index (χ3n) is 2.09. The lowest BCUT2D eigenvalue weighted by atomic mass is 10.3. The fourth-order valence-corrected chi connectivity index (χ4v) is 1.38. The van der Waals surface area contributed by atoms with Crippen LogP contribution in [-0.4, -0.2) is 16.3 Å². The van der Waals surface area contributed by atoms with E-state index in [1.165, 1.54) is 0 Å². The highest BCUT2D eigenvalue weighted by Gasteiger charge is 1.97. The van der Waals surface area contributed by atoms with Crippen LogP contribution in [0.2, 0.25) is 0 Å². The molecule has 0 aliphatic rings. The van der Waals surface area contributed by atoms with Gasteiger partial charge in [-0.2, -0.15) is 0 Å². The third kappa shape index (κ3) is 3.89. The number of para-hydroxylation sites is 1. The zero-order chi connectivity index (χ0) is 12.7. The molecule has 0 fully saturated rings. The Morgan fingerprint density at radius 3 is 2.29 bits per heavy atom. The molecule has 0 spiro atoms. The van der Waals surface area contributed by atoms with Crippen molar-refractivity contribution in [2.45, 2.75) is 13.8 Å². The van der Waals surface area contributed by atoms with Gasteiger partial charge in [0.1, 0.15) is 0 Å². The Hall–Kier alpha value is -1.87. The van der Waals surface area contributed by atoms with Gasteiger partial charge in [-0.05, 0) is 31.5 Å². The van der Waals surface area contributed by atoms with Crippen molar-refractivity contribution in [3.05, 3.63) is 64.6 Å². The van der Waals surface area contributed by atoms with E-state index in [1.54, 1.807) is 17.6 Å². The summed E-state index contributed by atoms with van der Waals surface area (Å²) in [5, 5.41) is 7.57. The minimum atomic E-state index is 0.00167. The molecule has 0 aliphatic heterocycles. The normalized spacial score (nSPS) is 9.35. The number of aromatic nitrogens is 1. The molecule has 0 aliphatic carbocycles. The summed E-state index contributed by atoms with van der Waals surface area (Å²) in [4.78, 5) is 11.5. The first-order valence-electron chi connectivity index (χ1n) is 5.54. The lowest BCUT2D eigenvalue weighted by Gasteiger charge is -2.05. The van der Waals surface area contributed by atoms with Gasteiger partial charge >= 0.3 is 0 Å². The second kappa shape index (κ2) is 6.66. The molecule has 0 saturated heterocycles. The lowest BCUT2D eigenvalue weighted by Crippen LogP contribution is -2.16. The molecular weight excluding hydrogens is 214 g/mol. The van der Waals surface area contributed by atoms with Gasteiger partial charge < -0.3 is 5.11 Å². The molecule has 1 heterocycles. The summed E-state index contributed by atoms with van der Waals surface area (Å²) >= 11 is 0. The Balaban J connectivity index is 0.000000437. The highest BCUT2D eigenvalue weighted by atomic mass is 16.2. The number of nitrogens with zero attached hydrogens (tertiary/aromatic N) is 1. The van der Waals surface area contributed by atoms with Crippen LogP contribution in [0, 0.1) is 6.92 Å². The van der Waals surface area contributed by atoms with Crippen LogP contribution < -0.4 is 5.56 Å². The number of rotatable bonds is 1. The fourth-order valence-electron chi connectivity index (χ4n) is 1.38. The Labute approximate surface area is 101 Å². The Bertz CT molecular complexity index is 503. The van der Waals surface area contributed by atoms with E-state index >= 15 is 0 Å². The summed E-state index contributed by atoms with van der Waals surface area (Å²) in [6.45, 7) is 3.90. The second-order valence-corrected chi connectivity index (χ2v) is 3.57. The summed E-state index contributed by atoms with van der Waals surface area (Å²) in [7, 11) is 0. The molecule has 0 saturated carbocycles. The lowest BCUT2D eigenvalue weighted by molar-refractivity contribution is 0.318. The van der Waals surface area contributed by atoms with Gasteiger partial charge in [0.05, 0.1) is 0 Å². The molecule has 0 unspecified atom stereocenters. The van der Waals surface area contributed by atoms with Gasteiger partial charge in [-0.3, -0.25) is 9.36 Å². The maximum atomic E-state index is 11.5. The number of benzene rings is 1. The van der Waals surface area contributed by atoms with Crippen LogP contribution in [-0.2, 0) is 0 Å². The van der Waals surface area contributed by atoms with Gasteiger partial charge in [0.2, 0.25) is 0 Å². The van der Waals surface area contributed by atoms with Crippen LogP contribution in [0.1, 0.15) is 12.5 Å². The van der Waals surface area contributed by atoms with Gasteiger partial charge in [-0.25, -0.2) is 0 Å². The summed E-state index contributed by atoms with van der Waals surface area (Å²) < 4.78 is 1.65. The molecule has 1 aromatic carbocycles. The molecule has 0 atom stereocenters. The molecular formula is C14H17NO2. The highest BCUT2D eigenvalue weighted by Crippen LogP contribution is 2.04. The van der Waals surface area contributed by atoms with Crippen molar-refractivity contribution in [2.75, 3.05) is 6.61 Å². The van der Waals surface area contributed by atoms with Crippen molar-refractivity contribution in [1.82, 2.24) is 4.57 Å². The summed E-state index contributed by atoms with van der Waals surface area (Å²) in [6.07, 6.45) is 1.84. The summed E-state index contributed by atoms with van der Waals surface area (Å²) in [6, 6.07) is 13.0. The van der Waals surface area contributed by atoms with Crippen molar-refractivity contribution in [3.8, 4) is 5.69 Å². The molecule has 2 rings (SSSR count). The van der Waals surface area contributed by atoms with Gasteiger partial charge in [-0.1, -0.05) is 24.3 Å². The molecule has 3 nitrogen and oxygen atoms in total. The van der Waals surface area contributed by atoms with Crippen LogP contribution in [0.25, 0.3) is 5.69 Å². The highest BCUT2D eigenvalue weighted by molar-refractivity contribution is 5.32. The van der Waals surface area contributed by atoms with Gasteiger partial charge in [0.15, 0.2) is 0 Å². The quantitative estimate of drug-likeness (QED) is 0.817. The zero-order valence-corrected chi connectivity index (χ0v) is 10.1. The van der Waals surface area contributed by atoms with E-state index in [-0.39, 0.29) is 12.2 Å². The summed E-state index contributed by atoms with van der Waals surface area (Å²) in [5.74, 6) is 0. The van der Waals surface area contributed by atoms with Crippen LogP contribution >= 0.6 is 0 Å². The van der Waals surface area contributed by atoms with E-state index in [2.05, 4.69) is 0 Å². The minimum Gasteiger partial charge on any atom is -0.397 e. The van der Waals surface area contributed by atoms with E-state index in [9.17, 15) is 4.79 Å². The molecule has 1 N–H and O–H groups in total. The topological polar surface area (TPSA) is 42.2 Å². The van der Waals surface area contributed by atoms with Crippen molar-refractivity contribution in [3.63, 3.8) is 0 Å². The second-order valence-electron chi connectivity index (χ2n) is 3.57. The third-order valence-corrected chi connectivity index (χ3v) is 2.09. The number of aliphatic hydroxyl groups is 1. The van der Waals surface area contributed by atoms with E-state index in [4.69, 9.17) is 5.11 Å². The zero-order valence-electron chi connectivity index (χ0n) is 10.1. The molecule has 0 amide bonds. The Morgan fingerprint density at radius 1 is 1.12 bits per heavy atom. The number of pyridine rings is 1. The number of hydrogen-bond acceptors (Lipinski definition) is 2. The smallest absolute Gasteiger partial charge is 0.255 e. The SMILES string of the molecule is CCO.Cc1ccc(=O)n(-c2ccccc2)c1. The molecule has 0 bridgehead atoms. The predicted molar refractivity (Wildman–Crippen MR) is 69.5 cm³/mol. The molecule has 17 heavy (non-hydrogen) atoms. The number of hydrogen-bond donors (Lipinski definition) is 1. The van der Waals surface area contributed by atoms with E-state index in [0.717, 1.165) is 11.3 Å². The average Bonchev–Trinajstić information content (AvgIpc) is 2.34. The van der Waals surface area contributed by atoms with Crippen LogP contribution in [0.3, 0.4) is 0 Å². The molecule has 2 aromatic rings. The van der Waals surface area contributed by atoms with Crippen LogP contribution in [0.15, 0.2) is 53.5 Å². The number of aliphatic hydroxyl groups excluding tert-OH is 1. The molecule has 1 aromatic heterocycles. The predicted octanol–water partition coefficient (Wildman–Crippen LogP) is 2.14. The van der Waals surface area contributed by atoms with E-state index in [1.807, 2.05) is 49.5 Å². The minimum absolute atomic E-state index is 0.00167. The standard InChI is InChI=1S/C12H11NO.C2H6O/c1-10-7-8-12(14)13(9-10)11-5-3-2-4-6-11;1-2-3/h2-9H,1H3;3H,2H2,1H3. The Kier molecular flexibility index (Phi) is 5.17. The van der Waals surface area contributed by atoms with Crippen LogP contribution in [0.5, 0.6) is 0 Å². The first-order valence-corrected chi connectivity index (χ1v) is 5.54. The monoisotopic (exact) mass is 231 g/mol. The van der Waals surface area contributed by atoms with Crippen molar-refractivity contribution >= 4 is 0 Å². The maximum absolute atomic E-state index is 11.5. The van der Waals surface area contributed by atoms with E-state index in [0.29, 0.717) is 0 Å². The average molecular weight is 231 g/mol. The number of aryl methyl sites for hydroxylation is 1. The maximum Gasteiger partial charge on any atom is 0.255 e. The van der Waals surface area contributed by atoms with Crippen molar-refractivity contribution in [2.24, 2.45) is 0 Å². The van der Waals surface area contributed by atoms with Crippen molar-refractivity contribution < 1.29 is 5.11 Å². The molecule has 3 heteroatoms. The van der Waals surface area contributed by atoms with Gasteiger partial charge in [0.25, 0.3) is 5.56 Å². The Morgan fingerprint density at radius 2 is 1.71 bits per heavy atom. The fraction of sp³-hybridized carbons (Fsp3) is 0.214. The molecule has 0 radical (unpaired) electrons. The van der Waals surface area contributed by atoms with Crippen molar-refractivity contribution in [1.29, 1.82) is 0 Å². The van der Waals surface area contributed by atoms with E-state index < -0.39 is 0 Å². The first-order chi connectivity index (χ1) is 8.19. The van der Waals surface area contributed by atoms with Gasteiger partial charge in [-0.15, -0.1) is 0 Å². The summed E-state index contributed by atoms with van der Waals surface area (Å²) in [5.41, 5.74) is 1.98.